The van der Waals surface area contributed by atoms with Crippen molar-refractivity contribution in [2.24, 2.45) is 17.8 Å². The molecule has 10 nitrogen and oxygen atoms in total. The van der Waals surface area contributed by atoms with Crippen molar-refractivity contribution in [3.63, 3.8) is 0 Å². The molecule has 2 amide bonds. The molecule has 1 saturated carbocycles. The van der Waals surface area contributed by atoms with Crippen molar-refractivity contribution < 1.29 is 32.6 Å². The number of aliphatic hydroxyl groups excluding tert-OH is 1. The average molecular weight is 726 g/mol. The number of likely N-dealkylation sites (tertiary alicyclic amines) is 1. The summed E-state index contributed by atoms with van der Waals surface area (Å²) >= 11 is 6.44. The van der Waals surface area contributed by atoms with Crippen LogP contribution in [0.25, 0.3) is 0 Å². The Morgan fingerprint density at radius 2 is 1.98 bits per heavy atom. The van der Waals surface area contributed by atoms with E-state index in [4.69, 9.17) is 21.1 Å². The number of allylic oxidation sites excluding steroid dienone is 1. The van der Waals surface area contributed by atoms with Gasteiger partial charge in [-0.3, -0.25) is 9.59 Å². The normalized spacial score (nSPS) is 32.9. The van der Waals surface area contributed by atoms with Crippen LogP contribution in [0.15, 0.2) is 48.6 Å². The fraction of sp³-hybridized carbons (Fsp3) is 0.579. The molecule has 270 valence electrons. The van der Waals surface area contributed by atoms with Crippen LogP contribution in [-0.2, 0) is 31.4 Å². The third-order valence-electron chi connectivity index (χ3n) is 11.9. The van der Waals surface area contributed by atoms with Gasteiger partial charge in [-0.05, 0) is 111 Å². The highest BCUT2D eigenvalue weighted by Crippen LogP contribution is 2.47. The molecule has 0 radical (unpaired) electrons. The third kappa shape index (κ3) is 7.03. The molecule has 2 bridgehead atoms. The molecule has 7 atom stereocenters. The lowest BCUT2D eigenvalue weighted by atomic mass is 9.68. The van der Waals surface area contributed by atoms with Crippen molar-refractivity contribution >= 4 is 39.1 Å². The topological polar surface area (TPSA) is 125 Å². The van der Waals surface area contributed by atoms with Crippen LogP contribution in [-0.4, -0.2) is 87.1 Å². The number of fused-ring (bicyclic) bond motifs is 4. The van der Waals surface area contributed by atoms with Crippen LogP contribution < -0.4 is 14.4 Å². The number of nitrogens with zero attached hydrogens (tertiary/aromatic N) is 2. The van der Waals surface area contributed by atoms with Crippen LogP contribution in [0.4, 0.5) is 5.69 Å². The molecule has 1 saturated heterocycles. The lowest BCUT2D eigenvalue weighted by molar-refractivity contribution is -0.138. The Kier molecular flexibility index (Phi) is 9.97. The maximum atomic E-state index is 13.5. The molecule has 2 N–H and O–H groups in total. The minimum absolute atomic E-state index is 0.0798. The minimum Gasteiger partial charge on any atom is -0.490 e. The van der Waals surface area contributed by atoms with E-state index in [0.717, 1.165) is 37.8 Å². The molecule has 0 aromatic heterocycles. The second-order valence-corrected chi connectivity index (χ2v) is 17.6. The number of nitrogens with one attached hydrogen (secondary N) is 1. The molecular weight excluding hydrogens is 678 g/mol. The predicted molar refractivity (Wildman–Crippen MR) is 192 cm³/mol. The Labute approximate surface area is 300 Å². The summed E-state index contributed by atoms with van der Waals surface area (Å²) in [6.45, 7) is 6.06. The van der Waals surface area contributed by atoms with Crippen LogP contribution in [0.2, 0.25) is 5.02 Å². The number of ether oxygens (including phenoxy) is 2. The number of rotatable bonds is 3. The Morgan fingerprint density at radius 1 is 1.14 bits per heavy atom. The molecule has 2 fully saturated rings. The number of sulfonamides is 1. The number of benzene rings is 2. The van der Waals surface area contributed by atoms with Gasteiger partial charge in [0.2, 0.25) is 15.9 Å². The number of carbonyl (C=O) groups is 2. The lowest BCUT2D eigenvalue weighted by Crippen LogP contribution is -2.50. The first-order valence-electron chi connectivity index (χ1n) is 18.0. The average Bonchev–Trinajstić information content (AvgIpc) is 3.45. The van der Waals surface area contributed by atoms with E-state index in [9.17, 15) is 23.1 Å². The Hall–Kier alpha value is -3.12. The first kappa shape index (κ1) is 35.3. The lowest BCUT2D eigenvalue weighted by Gasteiger charge is -2.46. The number of β-amino-alcohol motifs (C(OH)–C–C–N with tert-alkyl or cyclic N) is 1. The first-order valence-corrected chi connectivity index (χ1v) is 20.0. The van der Waals surface area contributed by atoms with Gasteiger partial charge in [0, 0.05) is 42.2 Å². The van der Waals surface area contributed by atoms with Crippen molar-refractivity contribution in [2.45, 2.75) is 81.7 Å². The molecular formula is C38H48ClN3O7S. The zero-order chi connectivity index (χ0) is 35.2. The molecule has 7 rings (SSSR count). The number of halogens is 1. The second-order valence-electron chi connectivity index (χ2n) is 15.2. The highest BCUT2D eigenvalue weighted by atomic mass is 35.5. The van der Waals surface area contributed by atoms with Gasteiger partial charge in [-0.25, -0.2) is 13.1 Å². The molecule has 1 spiro atoms. The molecule has 0 unspecified atom stereocenters. The summed E-state index contributed by atoms with van der Waals surface area (Å²) in [5.74, 6) is -0.0307. The Morgan fingerprint density at radius 3 is 2.74 bits per heavy atom. The van der Waals surface area contributed by atoms with Crippen molar-refractivity contribution in [2.75, 3.05) is 44.3 Å². The van der Waals surface area contributed by atoms with Gasteiger partial charge >= 0.3 is 0 Å². The molecule has 2 aliphatic carbocycles. The van der Waals surface area contributed by atoms with Gasteiger partial charge in [0.15, 0.2) is 0 Å². The fourth-order valence-electron chi connectivity index (χ4n) is 8.55. The molecule has 3 heterocycles. The zero-order valence-electron chi connectivity index (χ0n) is 28.9. The van der Waals surface area contributed by atoms with E-state index in [1.165, 1.54) is 11.1 Å². The molecule has 5 aliphatic rings. The van der Waals surface area contributed by atoms with Gasteiger partial charge in [0.1, 0.15) is 12.4 Å². The van der Waals surface area contributed by atoms with Crippen molar-refractivity contribution in [3.05, 3.63) is 70.3 Å². The second kappa shape index (κ2) is 14.1. The number of carbonyl (C=O) groups excluding carboxylic acids is 2. The summed E-state index contributed by atoms with van der Waals surface area (Å²) in [6.07, 6.45) is 8.97. The van der Waals surface area contributed by atoms with Gasteiger partial charge in [-0.1, -0.05) is 36.7 Å². The van der Waals surface area contributed by atoms with E-state index in [-0.39, 0.29) is 47.4 Å². The summed E-state index contributed by atoms with van der Waals surface area (Å²) in [5, 5.41) is 9.86. The van der Waals surface area contributed by atoms with Crippen LogP contribution >= 0.6 is 11.6 Å². The summed E-state index contributed by atoms with van der Waals surface area (Å²) in [4.78, 5) is 30.6. The SMILES string of the molecule is C[C@@H]1[C@@H](C)C/C=C\[C@H](OCC(=O)N2CC[C@H](O)C2)[C@@H]2CC[C@H]2CN2C[C@@]3(CCCc4cc(Cl)ccc43)COc3ccc(cc32)C(=O)NS1(=O)=O. The number of hydrogen-bond acceptors (Lipinski definition) is 8. The van der Waals surface area contributed by atoms with Crippen molar-refractivity contribution in [1.82, 2.24) is 9.62 Å². The van der Waals surface area contributed by atoms with E-state index in [2.05, 4.69) is 21.8 Å². The maximum absolute atomic E-state index is 13.5. The highest BCUT2D eigenvalue weighted by molar-refractivity contribution is 7.90. The molecule has 2 aromatic carbocycles. The predicted octanol–water partition coefficient (Wildman–Crippen LogP) is 4.86. The molecule has 2 aromatic rings. The number of hydrogen-bond donors (Lipinski definition) is 2. The van der Waals surface area contributed by atoms with E-state index < -0.39 is 27.3 Å². The van der Waals surface area contributed by atoms with E-state index in [0.29, 0.717) is 56.4 Å². The Bertz CT molecular complexity index is 1770. The van der Waals surface area contributed by atoms with Crippen LogP contribution in [0.1, 0.15) is 73.9 Å². The van der Waals surface area contributed by atoms with Gasteiger partial charge in [-0.15, -0.1) is 0 Å². The van der Waals surface area contributed by atoms with Gasteiger partial charge in [0.05, 0.1) is 29.8 Å². The monoisotopic (exact) mass is 725 g/mol. The van der Waals surface area contributed by atoms with Gasteiger partial charge in [-0.2, -0.15) is 0 Å². The summed E-state index contributed by atoms with van der Waals surface area (Å²) in [7, 11) is -3.99. The molecule has 50 heavy (non-hydrogen) atoms. The quantitative estimate of drug-likeness (QED) is 0.430. The van der Waals surface area contributed by atoms with E-state index >= 15 is 0 Å². The van der Waals surface area contributed by atoms with Crippen LogP contribution in [0.5, 0.6) is 5.75 Å². The fourth-order valence-corrected chi connectivity index (χ4v) is 10.0. The van der Waals surface area contributed by atoms with Gasteiger partial charge < -0.3 is 24.4 Å². The smallest absolute Gasteiger partial charge is 0.264 e. The largest absolute Gasteiger partial charge is 0.490 e. The van der Waals surface area contributed by atoms with Crippen LogP contribution in [0.3, 0.4) is 0 Å². The maximum Gasteiger partial charge on any atom is 0.264 e. The first-order chi connectivity index (χ1) is 23.9. The summed E-state index contributed by atoms with van der Waals surface area (Å²) in [6, 6.07) is 11.4. The van der Waals surface area contributed by atoms with Crippen molar-refractivity contribution in [1.29, 1.82) is 0 Å². The zero-order valence-corrected chi connectivity index (χ0v) is 30.4. The number of aryl methyl sites for hydroxylation is 1. The van der Waals surface area contributed by atoms with Crippen LogP contribution in [0, 0.1) is 17.8 Å². The highest BCUT2D eigenvalue weighted by Gasteiger charge is 2.45. The molecule has 3 aliphatic heterocycles. The van der Waals surface area contributed by atoms with Gasteiger partial charge in [0.25, 0.3) is 5.91 Å². The summed E-state index contributed by atoms with van der Waals surface area (Å²) < 4.78 is 42.2. The Balaban J connectivity index is 1.24. The van der Waals surface area contributed by atoms with E-state index in [1.807, 2.05) is 25.1 Å². The molecule has 12 heteroatoms. The standard InChI is InChI=1S/C38H48ClN3O7S/c1-24-5-3-7-34(48-21-36(44)41-16-14-30(43)20-41)31-11-8-28(31)19-42-22-38(15-4-6-26-17-29(39)10-12-32(26)38)23-49-35-13-9-27(18-33(35)42)37(45)40-50(46,47)25(24)2/h3,7,9-10,12-13,17-18,24-25,28,30-31,34,43H,4-6,8,11,14-16,19-23H2,1-2H3,(H,40,45)/b7-3-/t24-,25+,28-,30-,31+,34-,38-/m0/s1. The van der Waals surface area contributed by atoms with Crippen molar-refractivity contribution in [3.8, 4) is 5.75 Å². The number of aliphatic hydroxyl groups is 1. The number of anilines is 1. The number of amides is 2. The van der Waals surface area contributed by atoms with E-state index in [1.54, 1.807) is 30.0 Å². The minimum atomic E-state index is -3.99. The summed E-state index contributed by atoms with van der Waals surface area (Å²) in [5.41, 5.74) is 3.19. The third-order valence-corrected chi connectivity index (χ3v) is 14.1.